The maximum absolute atomic E-state index is 11.2. The van der Waals surface area contributed by atoms with E-state index >= 15 is 0 Å². The summed E-state index contributed by atoms with van der Waals surface area (Å²) in [4.78, 5) is 11.2. The van der Waals surface area contributed by atoms with Gasteiger partial charge in [0.25, 0.3) is 0 Å². The first-order valence-corrected chi connectivity index (χ1v) is 4.62. The van der Waals surface area contributed by atoms with Crippen LogP contribution < -0.4 is 5.32 Å². The van der Waals surface area contributed by atoms with Crippen LogP contribution in [0.1, 0.15) is 15.9 Å². The van der Waals surface area contributed by atoms with Crippen LogP contribution in [0.2, 0.25) is 0 Å². The average molecular weight is 227 g/mol. The zero-order valence-electron chi connectivity index (χ0n) is 8.43. The summed E-state index contributed by atoms with van der Waals surface area (Å²) in [5.41, 5.74) is 1.59. The van der Waals surface area contributed by atoms with Gasteiger partial charge in [-0.1, -0.05) is 11.6 Å². The third kappa shape index (κ3) is 2.47. The van der Waals surface area contributed by atoms with E-state index in [2.05, 4.69) is 10.1 Å². The molecule has 0 aliphatic heterocycles. The third-order valence-electron chi connectivity index (χ3n) is 1.95. The molecule has 1 aromatic rings. The number of rotatable bonds is 3. The van der Waals surface area contributed by atoms with E-state index in [9.17, 15) is 4.79 Å². The SMILES string of the molecule is CNc1cc(C(=O)OC)ccc1C(=N)Cl. The zero-order valence-corrected chi connectivity index (χ0v) is 9.18. The summed E-state index contributed by atoms with van der Waals surface area (Å²) >= 11 is 5.58. The Kier molecular flexibility index (Phi) is 3.68. The van der Waals surface area contributed by atoms with Gasteiger partial charge >= 0.3 is 5.97 Å². The lowest BCUT2D eigenvalue weighted by Gasteiger charge is -2.08. The number of esters is 1. The van der Waals surface area contributed by atoms with Crippen molar-refractivity contribution in [3.05, 3.63) is 29.3 Å². The minimum absolute atomic E-state index is 0.0734. The molecule has 80 valence electrons. The van der Waals surface area contributed by atoms with E-state index in [0.717, 1.165) is 0 Å². The van der Waals surface area contributed by atoms with E-state index in [0.29, 0.717) is 16.8 Å². The highest BCUT2D eigenvalue weighted by Gasteiger charge is 2.10. The Labute approximate surface area is 92.7 Å². The van der Waals surface area contributed by atoms with Gasteiger partial charge in [-0.05, 0) is 18.2 Å². The van der Waals surface area contributed by atoms with Crippen molar-refractivity contribution in [2.75, 3.05) is 19.5 Å². The van der Waals surface area contributed by atoms with Crippen molar-refractivity contribution in [2.24, 2.45) is 0 Å². The first-order valence-electron chi connectivity index (χ1n) is 4.24. The first kappa shape index (κ1) is 11.5. The lowest BCUT2D eigenvalue weighted by Crippen LogP contribution is -2.05. The van der Waals surface area contributed by atoms with E-state index < -0.39 is 5.97 Å². The van der Waals surface area contributed by atoms with E-state index in [1.807, 2.05) is 0 Å². The van der Waals surface area contributed by atoms with Gasteiger partial charge in [-0.25, -0.2) is 4.79 Å². The topological polar surface area (TPSA) is 62.2 Å². The number of hydrogen-bond donors (Lipinski definition) is 2. The summed E-state index contributed by atoms with van der Waals surface area (Å²) in [6, 6.07) is 4.77. The summed E-state index contributed by atoms with van der Waals surface area (Å²) in [7, 11) is 3.01. The Bertz CT molecular complexity index is 404. The van der Waals surface area contributed by atoms with Crippen molar-refractivity contribution in [3.63, 3.8) is 0 Å². The smallest absolute Gasteiger partial charge is 0.337 e. The Morgan fingerprint density at radius 1 is 1.53 bits per heavy atom. The Hall–Kier alpha value is -1.55. The molecule has 4 nitrogen and oxygen atoms in total. The Balaban J connectivity index is 3.19. The second kappa shape index (κ2) is 4.79. The summed E-state index contributed by atoms with van der Waals surface area (Å²) < 4.78 is 4.58. The number of ether oxygens (including phenoxy) is 1. The van der Waals surface area contributed by atoms with Crippen LogP contribution in [0.5, 0.6) is 0 Å². The molecule has 0 atom stereocenters. The second-order valence-electron chi connectivity index (χ2n) is 2.82. The van der Waals surface area contributed by atoms with Crippen molar-refractivity contribution < 1.29 is 9.53 Å². The molecule has 0 aromatic heterocycles. The fourth-order valence-electron chi connectivity index (χ4n) is 1.19. The Morgan fingerprint density at radius 2 is 2.20 bits per heavy atom. The van der Waals surface area contributed by atoms with Crippen LogP contribution in [0.4, 0.5) is 5.69 Å². The molecule has 0 saturated carbocycles. The van der Waals surface area contributed by atoms with Crippen LogP contribution in [-0.2, 0) is 4.74 Å². The molecule has 0 aliphatic carbocycles. The van der Waals surface area contributed by atoms with Gasteiger partial charge in [0.1, 0.15) is 5.17 Å². The number of carbonyl (C=O) groups excluding carboxylic acids is 1. The van der Waals surface area contributed by atoms with Gasteiger partial charge in [-0.15, -0.1) is 0 Å². The van der Waals surface area contributed by atoms with Crippen molar-refractivity contribution in [1.29, 1.82) is 5.41 Å². The molecule has 2 N–H and O–H groups in total. The molecular formula is C10H11ClN2O2. The van der Waals surface area contributed by atoms with Gasteiger partial charge in [0.2, 0.25) is 0 Å². The molecule has 0 unspecified atom stereocenters. The van der Waals surface area contributed by atoms with Crippen LogP contribution in [0.25, 0.3) is 0 Å². The van der Waals surface area contributed by atoms with Gasteiger partial charge in [-0.3, -0.25) is 5.41 Å². The Morgan fingerprint density at radius 3 is 2.67 bits per heavy atom. The van der Waals surface area contributed by atoms with Crippen LogP contribution >= 0.6 is 11.6 Å². The minimum Gasteiger partial charge on any atom is -0.465 e. The minimum atomic E-state index is -0.417. The number of anilines is 1. The molecule has 15 heavy (non-hydrogen) atoms. The van der Waals surface area contributed by atoms with Crippen LogP contribution in [0.15, 0.2) is 18.2 Å². The molecule has 1 rings (SSSR count). The molecule has 1 aromatic carbocycles. The summed E-state index contributed by atoms with van der Waals surface area (Å²) in [6.45, 7) is 0. The fraction of sp³-hybridized carbons (Fsp3) is 0.200. The van der Waals surface area contributed by atoms with Gasteiger partial charge in [-0.2, -0.15) is 0 Å². The number of hydrogen-bond acceptors (Lipinski definition) is 4. The molecule has 0 saturated heterocycles. The first-order chi connectivity index (χ1) is 7.10. The molecular weight excluding hydrogens is 216 g/mol. The highest BCUT2D eigenvalue weighted by molar-refractivity contribution is 6.69. The third-order valence-corrected chi connectivity index (χ3v) is 2.15. The average Bonchev–Trinajstić information content (AvgIpc) is 2.26. The molecule has 0 spiro atoms. The number of carbonyl (C=O) groups is 1. The van der Waals surface area contributed by atoms with Crippen molar-refractivity contribution >= 4 is 28.4 Å². The number of benzene rings is 1. The summed E-state index contributed by atoms with van der Waals surface area (Å²) in [6.07, 6.45) is 0. The normalized spacial score (nSPS) is 9.53. The molecule has 0 bridgehead atoms. The molecule has 0 amide bonds. The van der Waals surface area contributed by atoms with Crippen molar-refractivity contribution in [3.8, 4) is 0 Å². The predicted molar refractivity (Wildman–Crippen MR) is 60.0 cm³/mol. The fourth-order valence-corrected chi connectivity index (χ4v) is 1.35. The molecule has 0 radical (unpaired) electrons. The van der Waals surface area contributed by atoms with Gasteiger partial charge < -0.3 is 10.1 Å². The quantitative estimate of drug-likeness (QED) is 0.613. The highest BCUT2D eigenvalue weighted by atomic mass is 35.5. The number of nitrogens with one attached hydrogen (secondary N) is 2. The van der Waals surface area contributed by atoms with E-state index in [1.54, 1.807) is 25.2 Å². The standard InChI is InChI=1S/C10H11ClN2O2/c1-13-8-5-6(10(14)15-2)3-4-7(8)9(11)12/h3-5,12-13H,1-2H3. The monoisotopic (exact) mass is 226 g/mol. The zero-order chi connectivity index (χ0) is 11.4. The largest absolute Gasteiger partial charge is 0.465 e. The lowest BCUT2D eigenvalue weighted by atomic mass is 10.1. The maximum Gasteiger partial charge on any atom is 0.337 e. The molecule has 0 fully saturated rings. The predicted octanol–water partition coefficient (Wildman–Crippen LogP) is 2.08. The molecule has 5 heteroatoms. The second-order valence-corrected chi connectivity index (χ2v) is 3.19. The van der Waals surface area contributed by atoms with Crippen LogP contribution in [-0.4, -0.2) is 25.3 Å². The van der Waals surface area contributed by atoms with Gasteiger partial charge in [0.05, 0.1) is 12.7 Å². The van der Waals surface area contributed by atoms with Crippen molar-refractivity contribution in [1.82, 2.24) is 0 Å². The molecule has 0 heterocycles. The highest BCUT2D eigenvalue weighted by Crippen LogP contribution is 2.19. The van der Waals surface area contributed by atoms with Gasteiger partial charge in [0, 0.05) is 18.3 Å². The lowest BCUT2D eigenvalue weighted by molar-refractivity contribution is 0.0601. The summed E-state index contributed by atoms with van der Waals surface area (Å²) in [5, 5.41) is 10.1. The maximum atomic E-state index is 11.2. The molecule has 0 aliphatic rings. The van der Waals surface area contributed by atoms with Gasteiger partial charge in [0.15, 0.2) is 0 Å². The van der Waals surface area contributed by atoms with E-state index in [-0.39, 0.29) is 5.17 Å². The van der Waals surface area contributed by atoms with Crippen molar-refractivity contribution in [2.45, 2.75) is 0 Å². The van der Waals surface area contributed by atoms with Crippen LogP contribution in [0, 0.1) is 5.41 Å². The number of methoxy groups -OCH3 is 1. The van der Waals surface area contributed by atoms with Crippen LogP contribution in [0.3, 0.4) is 0 Å². The van der Waals surface area contributed by atoms with E-state index in [1.165, 1.54) is 7.11 Å². The number of halogens is 1. The summed E-state index contributed by atoms with van der Waals surface area (Å²) in [5.74, 6) is -0.417. The van der Waals surface area contributed by atoms with E-state index in [4.69, 9.17) is 17.0 Å².